The number of hydrogen-bond acceptors (Lipinski definition) is 5. The van der Waals surface area contributed by atoms with Gasteiger partial charge in [-0.25, -0.2) is 13.2 Å². The Labute approximate surface area is 156 Å². The summed E-state index contributed by atoms with van der Waals surface area (Å²) in [4.78, 5) is 25.4. The van der Waals surface area contributed by atoms with Crippen LogP contribution in [0.1, 0.15) is 23.5 Å². The molecule has 1 fully saturated rings. The fourth-order valence-electron chi connectivity index (χ4n) is 2.94. The van der Waals surface area contributed by atoms with Gasteiger partial charge in [0.05, 0.1) is 4.90 Å². The standard InChI is InChI=1S/C17H20N4O5S/c1-13(21-8-7-15(18-21)17(23)24)16(22)19-9-11-20(12-10-19)27(25,26)14-5-3-2-4-6-14/h2-8,13H,9-12H2,1H3,(H,23,24). The Bertz CT molecular complexity index is 933. The first-order chi connectivity index (χ1) is 12.8. The van der Waals surface area contributed by atoms with E-state index in [2.05, 4.69) is 5.10 Å². The molecule has 1 aliphatic rings. The largest absolute Gasteiger partial charge is 0.476 e. The van der Waals surface area contributed by atoms with Crippen molar-refractivity contribution in [2.24, 2.45) is 0 Å². The highest BCUT2D eigenvalue weighted by molar-refractivity contribution is 7.89. The molecule has 144 valence electrons. The normalized spacial score (nSPS) is 16.9. The number of carbonyl (C=O) groups is 2. The zero-order chi connectivity index (χ0) is 19.6. The Hall–Kier alpha value is -2.72. The van der Waals surface area contributed by atoms with Crippen molar-refractivity contribution in [1.29, 1.82) is 0 Å². The summed E-state index contributed by atoms with van der Waals surface area (Å²) in [5, 5.41) is 12.8. The molecule has 1 aromatic heterocycles. The van der Waals surface area contributed by atoms with Gasteiger partial charge in [0.25, 0.3) is 0 Å². The van der Waals surface area contributed by atoms with E-state index in [0.29, 0.717) is 0 Å². The van der Waals surface area contributed by atoms with Crippen molar-refractivity contribution in [3.63, 3.8) is 0 Å². The maximum absolute atomic E-state index is 12.7. The summed E-state index contributed by atoms with van der Waals surface area (Å²) in [6.07, 6.45) is 1.45. The number of sulfonamides is 1. The Balaban J connectivity index is 1.64. The predicted octanol–water partition coefficient (Wildman–Crippen LogP) is 0.675. The minimum Gasteiger partial charge on any atom is -0.476 e. The summed E-state index contributed by atoms with van der Waals surface area (Å²) in [6, 6.07) is 8.85. The molecule has 0 spiro atoms. The third-order valence-electron chi connectivity index (χ3n) is 4.51. The summed E-state index contributed by atoms with van der Waals surface area (Å²) in [5.74, 6) is -1.39. The third-order valence-corrected chi connectivity index (χ3v) is 6.43. The van der Waals surface area contributed by atoms with E-state index in [9.17, 15) is 18.0 Å². The number of amides is 1. The highest BCUT2D eigenvalue weighted by Crippen LogP contribution is 2.19. The van der Waals surface area contributed by atoms with Crippen LogP contribution in [0.3, 0.4) is 0 Å². The molecule has 10 heteroatoms. The number of hydrogen-bond donors (Lipinski definition) is 1. The second-order valence-corrected chi connectivity index (χ2v) is 8.14. The van der Waals surface area contributed by atoms with E-state index in [1.807, 2.05) is 0 Å². The summed E-state index contributed by atoms with van der Waals surface area (Å²) in [5.41, 5.74) is -0.131. The number of nitrogens with zero attached hydrogens (tertiary/aromatic N) is 4. The molecule has 1 atom stereocenters. The van der Waals surface area contributed by atoms with Crippen molar-refractivity contribution in [2.45, 2.75) is 17.9 Å². The van der Waals surface area contributed by atoms with Crippen LogP contribution in [0.25, 0.3) is 0 Å². The average molecular weight is 392 g/mol. The van der Waals surface area contributed by atoms with Gasteiger partial charge in [0, 0.05) is 32.4 Å². The average Bonchev–Trinajstić information content (AvgIpc) is 3.18. The molecule has 1 N–H and O–H groups in total. The summed E-state index contributed by atoms with van der Waals surface area (Å²) in [7, 11) is -3.58. The van der Waals surface area contributed by atoms with Gasteiger partial charge in [0.15, 0.2) is 5.69 Å². The lowest BCUT2D eigenvalue weighted by atomic mass is 10.2. The second-order valence-electron chi connectivity index (χ2n) is 6.20. The molecule has 0 aliphatic carbocycles. The van der Waals surface area contributed by atoms with Crippen LogP contribution in [0, 0.1) is 0 Å². The molecule has 3 rings (SSSR count). The maximum Gasteiger partial charge on any atom is 0.356 e. The Kier molecular flexibility index (Phi) is 5.29. The quantitative estimate of drug-likeness (QED) is 0.800. The molecule has 1 aliphatic heterocycles. The van der Waals surface area contributed by atoms with E-state index in [4.69, 9.17) is 5.11 Å². The number of aromatic carboxylic acids is 1. The first-order valence-corrected chi connectivity index (χ1v) is 9.87. The zero-order valence-electron chi connectivity index (χ0n) is 14.7. The highest BCUT2D eigenvalue weighted by atomic mass is 32.2. The van der Waals surface area contributed by atoms with Crippen LogP contribution in [0.4, 0.5) is 0 Å². The van der Waals surface area contributed by atoms with Crippen LogP contribution in [0.5, 0.6) is 0 Å². The number of benzene rings is 1. The fourth-order valence-corrected chi connectivity index (χ4v) is 4.38. The van der Waals surface area contributed by atoms with Gasteiger partial charge in [-0.2, -0.15) is 9.40 Å². The summed E-state index contributed by atoms with van der Waals surface area (Å²) >= 11 is 0. The third kappa shape index (κ3) is 3.86. The minimum atomic E-state index is -3.58. The van der Waals surface area contributed by atoms with E-state index < -0.39 is 22.0 Å². The molecule has 0 saturated carbocycles. The molecule has 1 aromatic carbocycles. The second kappa shape index (κ2) is 7.49. The first-order valence-electron chi connectivity index (χ1n) is 8.43. The topological polar surface area (TPSA) is 113 Å². The fraction of sp³-hybridized carbons (Fsp3) is 0.353. The van der Waals surface area contributed by atoms with Crippen LogP contribution >= 0.6 is 0 Å². The number of piperazine rings is 1. The SMILES string of the molecule is CC(C(=O)N1CCN(S(=O)(=O)c2ccccc2)CC1)n1ccc(C(=O)O)n1. The number of carboxylic acid groups (broad SMARTS) is 1. The van der Waals surface area contributed by atoms with Crippen molar-refractivity contribution < 1.29 is 23.1 Å². The van der Waals surface area contributed by atoms with Crippen LogP contribution in [-0.2, 0) is 14.8 Å². The molecular weight excluding hydrogens is 372 g/mol. The van der Waals surface area contributed by atoms with Crippen LogP contribution in [0.15, 0.2) is 47.5 Å². The van der Waals surface area contributed by atoms with E-state index in [1.54, 1.807) is 42.2 Å². The van der Waals surface area contributed by atoms with Gasteiger partial charge >= 0.3 is 5.97 Å². The Morgan fingerprint density at radius 2 is 1.70 bits per heavy atom. The molecule has 0 radical (unpaired) electrons. The molecular formula is C17H20N4O5S. The number of aromatic nitrogens is 2. The molecule has 1 amide bonds. The number of carbonyl (C=O) groups excluding carboxylic acids is 1. The number of rotatable bonds is 5. The Morgan fingerprint density at radius 1 is 1.07 bits per heavy atom. The summed E-state index contributed by atoms with van der Waals surface area (Å²) in [6.45, 7) is 2.57. The van der Waals surface area contributed by atoms with Gasteiger partial charge < -0.3 is 10.0 Å². The maximum atomic E-state index is 12.7. The minimum absolute atomic E-state index is 0.131. The lowest BCUT2D eigenvalue weighted by Gasteiger charge is -2.35. The predicted molar refractivity (Wildman–Crippen MR) is 95.7 cm³/mol. The smallest absolute Gasteiger partial charge is 0.356 e. The zero-order valence-corrected chi connectivity index (χ0v) is 15.5. The lowest BCUT2D eigenvalue weighted by Crippen LogP contribution is -2.51. The van der Waals surface area contributed by atoms with Gasteiger partial charge in [0.1, 0.15) is 6.04 Å². The van der Waals surface area contributed by atoms with Crippen molar-refractivity contribution >= 4 is 21.9 Å². The van der Waals surface area contributed by atoms with Gasteiger partial charge in [-0.05, 0) is 25.1 Å². The van der Waals surface area contributed by atoms with E-state index in [0.717, 1.165) is 0 Å². The Morgan fingerprint density at radius 3 is 2.26 bits per heavy atom. The summed E-state index contributed by atoms with van der Waals surface area (Å²) < 4.78 is 27.9. The molecule has 27 heavy (non-hydrogen) atoms. The van der Waals surface area contributed by atoms with E-state index in [-0.39, 0.29) is 42.7 Å². The van der Waals surface area contributed by atoms with E-state index in [1.165, 1.54) is 21.3 Å². The van der Waals surface area contributed by atoms with E-state index >= 15 is 0 Å². The van der Waals surface area contributed by atoms with Crippen molar-refractivity contribution in [3.05, 3.63) is 48.3 Å². The molecule has 1 saturated heterocycles. The monoisotopic (exact) mass is 392 g/mol. The van der Waals surface area contributed by atoms with Crippen LogP contribution in [-0.4, -0.2) is 70.6 Å². The van der Waals surface area contributed by atoms with Gasteiger partial charge in [-0.3, -0.25) is 9.48 Å². The molecule has 0 bridgehead atoms. The highest BCUT2D eigenvalue weighted by Gasteiger charge is 2.32. The van der Waals surface area contributed by atoms with Crippen molar-refractivity contribution in [2.75, 3.05) is 26.2 Å². The lowest BCUT2D eigenvalue weighted by molar-refractivity contribution is -0.135. The number of carboxylic acids is 1. The van der Waals surface area contributed by atoms with Crippen molar-refractivity contribution in [1.82, 2.24) is 19.0 Å². The molecule has 2 heterocycles. The molecule has 1 unspecified atom stereocenters. The molecule has 2 aromatic rings. The first kappa shape index (κ1) is 19.1. The van der Waals surface area contributed by atoms with Gasteiger partial charge in [0.2, 0.25) is 15.9 Å². The van der Waals surface area contributed by atoms with Crippen LogP contribution in [0.2, 0.25) is 0 Å². The van der Waals surface area contributed by atoms with Gasteiger partial charge in [-0.15, -0.1) is 0 Å². The van der Waals surface area contributed by atoms with Gasteiger partial charge in [-0.1, -0.05) is 18.2 Å². The van der Waals surface area contributed by atoms with Crippen LogP contribution < -0.4 is 0 Å². The van der Waals surface area contributed by atoms with Crippen molar-refractivity contribution in [3.8, 4) is 0 Å². The molecule has 9 nitrogen and oxygen atoms in total.